The lowest BCUT2D eigenvalue weighted by Crippen LogP contribution is -2.42. The van der Waals surface area contributed by atoms with Crippen LogP contribution in [0.25, 0.3) is 20.7 Å². The molecule has 6 nitrogen and oxygen atoms in total. The fourth-order valence-electron chi connectivity index (χ4n) is 2.48. The van der Waals surface area contributed by atoms with Gasteiger partial charge in [0.15, 0.2) is 0 Å². The van der Waals surface area contributed by atoms with Crippen molar-refractivity contribution in [3.8, 4) is 10.4 Å². The first-order valence-corrected chi connectivity index (χ1v) is 9.72. The molecule has 8 heteroatoms. The molecule has 3 N–H and O–H groups in total. The minimum absolute atomic E-state index is 0.00315. The zero-order valence-corrected chi connectivity index (χ0v) is 15.9. The van der Waals surface area contributed by atoms with Crippen molar-refractivity contribution in [2.45, 2.75) is 24.1 Å². The number of benzene rings is 1. The monoisotopic (exact) mass is 386 g/mol. The van der Waals surface area contributed by atoms with Crippen molar-refractivity contribution in [3.63, 3.8) is 0 Å². The largest absolute Gasteiger partial charge is 0.351 e. The molecular formula is C18H18N4O2S2. The van der Waals surface area contributed by atoms with Crippen LogP contribution in [0.2, 0.25) is 0 Å². The number of nitrogens with two attached hydrogens (primary N) is 1. The van der Waals surface area contributed by atoms with Crippen LogP contribution in [-0.2, 0) is 4.79 Å². The molecule has 3 rings (SSSR count). The lowest BCUT2D eigenvalue weighted by Gasteiger charge is -2.18. The predicted octanol–water partition coefficient (Wildman–Crippen LogP) is 3.67. The summed E-state index contributed by atoms with van der Waals surface area (Å²) in [5, 5.41) is 3.29. The van der Waals surface area contributed by atoms with Crippen LogP contribution in [0.1, 0.15) is 13.8 Å². The van der Waals surface area contributed by atoms with Gasteiger partial charge in [0, 0.05) is 10.3 Å². The van der Waals surface area contributed by atoms with Crippen molar-refractivity contribution in [3.05, 3.63) is 42.7 Å². The summed E-state index contributed by atoms with van der Waals surface area (Å²) in [6, 6.07) is 11.2. The van der Waals surface area contributed by atoms with Crippen LogP contribution in [0.5, 0.6) is 0 Å². The Morgan fingerprint density at radius 1 is 1.19 bits per heavy atom. The minimum atomic E-state index is -0.851. The Morgan fingerprint density at radius 2 is 1.92 bits per heavy atom. The number of thioether (sulfide) groups is 1. The smallest absolute Gasteiger partial charge is 0.318 e. The van der Waals surface area contributed by atoms with Crippen molar-refractivity contribution in [2.24, 2.45) is 11.7 Å². The average molecular weight is 387 g/mol. The van der Waals surface area contributed by atoms with Gasteiger partial charge in [-0.05, 0) is 17.5 Å². The number of nitrogens with zero attached hydrogens (tertiary/aromatic N) is 2. The van der Waals surface area contributed by atoms with E-state index in [0.29, 0.717) is 5.03 Å². The molecule has 26 heavy (non-hydrogen) atoms. The zero-order chi connectivity index (χ0) is 18.7. The van der Waals surface area contributed by atoms with E-state index in [9.17, 15) is 9.59 Å². The molecule has 3 amide bonds. The highest BCUT2D eigenvalue weighted by atomic mass is 32.2. The van der Waals surface area contributed by atoms with Gasteiger partial charge in [-0.3, -0.25) is 10.1 Å². The highest BCUT2D eigenvalue weighted by molar-refractivity contribution is 8.00. The number of nitrogens with one attached hydrogen (secondary N) is 1. The van der Waals surface area contributed by atoms with Gasteiger partial charge in [0.1, 0.15) is 16.2 Å². The molecule has 134 valence electrons. The minimum Gasteiger partial charge on any atom is -0.351 e. The van der Waals surface area contributed by atoms with Crippen LogP contribution < -0.4 is 11.1 Å². The molecule has 2 heterocycles. The quantitative estimate of drug-likeness (QED) is 0.515. The number of imide groups is 1. The van der Waals surface area contributed by atoms with Gasteiger partial charge in [-0.15, -0.1) is 11.3 Å². The standard InChI is InChI=1S/C18H18N4O2S2/c1-10(2)14(15(23)22-18(19)24)26-17-12-8-13(11-6-4-3-5-7-11)25-16(12)20-9-21-17/h3-10,14H,1-2H3,(H3,19,22,23,24). The molecule has 3 aromatic rings. The van der Waals surface area contributed by atoms with E-state index in [1.54, 1.807) is 11.3 Å². The van der Waals surface area contributed by atoms with E-state index in [4.69, 9.17) is 5.73 Å². The summed E-state index contributed by atoms with van der Waals surface area (Å²) in [5.74, 6) is -0.417. The molecule has 0 saturated carbocycles. The molecule has 0 fully saturated rings. The summed E-state index contributed by atoms with van der Waals surface area (Å²) in [5.41, 5.74) is 6.19. The third-order valence-corrected chi connectivity index (χ3v) is 6.35. The SMILES string of the molecule is CC(C)C(Sc1ncnc2sc(-c3ccccc3)cc12)C(=O)NC(N)=O. The van der Waals surface area contributed by atoms with Gasteiger partial charge in [-0.2, -0.15) is 0 Å². The van der Waals surface area contributed by atoms with Crippen LogP contribution in [-0.4, -0.2) is 27.2 Å². The van der Waals surface area contributed by atoms with Crippen LogP contribution >= 0.6 is 23.1 Å². The number of thiophene rings is 1. The van der Waals surface area contributed by atoms with E-state index in [0.717, 1.165) is 20.7 Å². The van der Waals surface area contributed by atoms with Crippen LogP contribution in [0.4, 0.5) is 4.79 Å². The molecule has 0 spiro atoms. The van der Waals surface area contributed by atoms with Gasteiger partial charge in [0.05, 0.1) is 5.25 Å². The normalized spacial score (nSPS) is 12.3. The molecule has 1 atom stereocenters. The highest BCUT2D eigenvalue weighted by Gasteiger charge is 2.26. The number of hydrogen-bond donors (Lipinski definition) is 2. The van der Waals surface area contributed by atoms with E-state index in [1.165, 1.54) is 18.1 Å². The summed E-state index contributed by atoms with van der Waals surface area (Å²) in [6.07, 6.45) is 1.50. The van der Waals surface area contributed by atoms with Gasteiger partial charge in [0.2, 0.25) is 5.91 Å². The second-order valence-corrected chi connectivity index (χ2v) is 8.17. The van der Waals surface area contributed by atoms with Crippen molar-refractivity contribution < 1.29 is 9.59 Å². The molecule has 0 aliphatic carbocycles. The van der Waals surface area contributed by atoms with E-state index < -0.39 is 17.2 Å². The molecule has 1 unspecified atom stereocenters. The molecule has 0 radical (unpaired) electrons. The Morgan fingerprint density at radius 3 is 2.58 bits per heavy atom. The van der Waals surface area contributed by atoms with Gasteiger partial charge in [-0.1, -0.05) is 55.9 Å². The number of rotatable bonds is 5. The Labute approximate surface area is 159 Å². The fourth-order valence-corrected chi connectivity index (χ4v) is 4.62. The molecule has 0 saturated heterocycles. The van der Waals surface area contributed by atoms with Crippen LogP contribution in [0.15, 0.2) is 47.8 Å². The van der Waals surface area contributed by atoms with Gasteiger partial charge in [0.25, 0.3) is 0 Å². The third-order valence-electron chi connectivity index (χ3n) is 3.70. The first kappa shape index (κ1) is 18.3. The van der Waals surface area contributed by atoms with Crippen molar-refractivity contribution in [1.82, 2.24) is 15.3 Å². The first-order valence-electron chi connectivity index (χ1n) is 8.02. The van der Waals surface area contributed by atoms with Crippen LogP contribution in [0, 0.1) is 5.92 Å². The summed E-state index contributed by atoms with van der Waals surface area (Å²) in [6.45, 7) is 3.83. The lowest BCUT2D eigenvalue weighted by atomic mass is 10.1. The Kier molecular flexibility index (Phi) is 5.53. The molecule has 1 aromatic carbocycles. The summed E-state index contributed by atoms with van der Waals surface area (Å²) in [7, 11) is 0. The van der Waals surface area contributed by atoms with Gasteiger partial charge in [-0.25, -0.2) is 14.8 Å². The third kappa shape index (κ3) is 4.03. The fraction of sp³-hybridized carbons (Fsp3) is 0.222. The summed E-state index contributed by atoms with van der Waals surface area (Å²) in [4.78, 5) is 34.0. The molecule has 0 aliphatic rings. The first-order chi connectivity index (χ1) is 12.5. The maximum absolute atomic E-state index is 12.3. The average Bonchev–Trinajstić information content (AvgIpc) is 3.04. The topological polar surface area (TPSA) is 98.0 Å². The van der Waals surface area contributed by atoms with Crippen molar-refractivity contribution in [2.75, 3.05) is 0 Å². The number of aromatic nitrogens is 2. The highest BCUT2D eigenvalue weighted by Crippen LogP contribution is 2.38. The van der Waals surface area contributed by atoms with Gasteiger partial charge >= 0.3 is 6.03 Å². The number of primary amides is 1. The number of carbonyl (C=O) groups excluding carboxylic acids is 2. The van der Waals surface area contributed by atoms with Crippen molar-refractivity contribution >= 4 is 45.3 Å². The molecule has 0 bridgehead atoms. The lowest BCUT2D eigenvalue weighted by molar-refractivity contribution is -0.120. The predicted molar refractivity (Wildman–Crippen MR) is 105 cm³/mol. The number of carbonyl (C=O) groups is 2. The second-order valence-electron chi connectivity index (χ2n) is 6.01. The van der Waals surface area contributed by atoms with E-state index in [2.05, 4.69) is 15.3 Å². The molecule has 2 aromatic heterocycles. The number of hydrogen-bond acceptors (Lipinski definition) is 6. The molecular weight excluding hydrogens is 368 g/mol. The second kappa shape index (κ2) is 7.84. The Hall–Kier alpha value is -2.45. The van der Waals surface area contributed by atoms with E-state index in [1.807, 2.05) is 50.2 Å². The number of fused-ring (bicyclic) bond motifs is 1. The summed E-state index contributed by atoms with van der Waals surface area (Å²) >= 11 is 2.90. The van der Waals surface area contributed by atoms with Gasteiger partial charge < -0.3 is 5.73 Å². The Bertz CT molecular complexity index is 941. The van der Waals surface area contributed by atoms with E-state index >= 15 is 0 Å². The summed E-state index contributed by atoms with van der Waals surface area (Å²) < 4.78 is 0. The Balaban J connectivity index is 1.95. The van der Waals surface area contributed by atoms with Crippen molar-refractivity contribution in [1.29, 1.82) is 0 Å². The van der Waals surface area contributed by atoms with E-state index in [-0.39, 0.29) is 5.92 Å². The number of amides is 3. The van der Waals surface area contributed by atoms with Crippen LogP contribution in [0.3, 0.4) is 0 Å². The number of urea groups is 1. The maximum Gasteiger partial charge on any atom is 0.318 e. The maximum atomic E-state index is 12.3. The molecule has 0 aliphatic heterocycles. The zero-order valence-electron chi connectivity index (χ0n) is 14.3.